The fourth-order valence-electron chi connectivity index (χ4n) is 12.9. The van der Waals surface area contributed by atoms with Gasteiger partial charge in [-0.05, 0) is 12.8 Å². The maximum Gasteiger partial charge on any atom is 0.306 e. The van der Waals surface area contributed by atoms with Gasteiger partial charge in [0.05, 0.1) is 27.7 Å². The molecule has 0 heterocycles. The maximum atomic E-state index is 12.9. The van der Waals surface area contributed by atoms with E-state index in [9.17, 15) is 19.0 Å². The summed E-state index contributed by atoms with van der Waals surface area (Å²) in [6.45, 7) is 4.35. The minimum Gasteiger partial charge on any atom is -0.756 e. The molecule has 0 rings (SSSR count). The number of hydrogen-bond acceptors (Lipinski definition) is 8. The van der Waals surface area contributed by atoms with E-state index in [4.69, 9.17) is 18.5 Å². The highest BCUT2D eigenvalue weighted by atomic mass is 31.2. The van der Waals surface area contributed by atoms with Gasteiger partial charge < -0.3 is 27.9 Å². The Morgan fingerprint density at radius 3 is 0.711 bits per heavy atom. The number of carbonyl (C=O) groups is 2. The predicted octanol–water partition coefficient (Wildman–Crippen LogP) is 26.2. The van der Waals surface area contributed by atoms with Crippen molar-refractivity contribution in [2.24, 2.45) is 0 Å². The predicted molar refractivity (Wildman–Crippen MR) is 389 cm³/mol. The highest BCUT2D eigenvalue weighted by molar-refractivity contribution is 7.45. The molecule has 2 atom stereocenters. The van der Waals surface area contributed by atoms with Crippen molar-refractivity contribution >= 4 is 19.8 Å². The Balaban J connectivity index is 3.84. The minimum atomic E-state index is -4.64. The monoisotopic (exact) mass is 1290 g/mol. The van der Waals surface area contributed by atoms with Crippen LogP contribution in [0.2, 0.25) is 0 Å². The summed E-state index contributed by atoms with van der Waals surface area (Å²) in [5.41, 5.74) is 0. The molecule has 0 aliphatic carbocycles. The SMILES string of the molecule is CCCCCCCCCCCCCCCCCCCCCCCCCCCCCCCCCCCCCCCCCCC(=O)OC(COC(=O)CCCCCCCCCCCCCCCCCCCCCCCCCCCC)COP(=O)([O-])OCC[N+](C)(C)C. The van der Waals surface area contributed by atoms with Crippen molar-refractivity contribution in [3.63, 3.8) is 0 Å². The van der Waals surface area contributed by atoms with E-state index in [1.165, 1.54) is 385 Å². The van der Waals surface area contributed by atoms with Crippen molar-refractivity contribution in [2.45, 2.75) is 457 Å². The molecule has 0 saturated carbocycles. The Labute approximate surface area is 563 Å². The lowest BCUT2D eigenvalue weighted by molar-refractivity contribution is -0.870. The molecule has 0 spiro atoms. The summed E-state index contributed by atoms with van der Waals surface area (Å²) in [5, 5.41) is 0. The number of likely N-dealkylation sites (N-methyl/N-ethyl adjacent to an activating group) is 1. The number of nitrogens with zero attached hydrogens (tertiary/aromatic N) is 1. The Bertz CT molecular complexity index is 1470. The third kappa shape index (κ3) is 76.0. The first-order chi connectivity index (χ1) is 44.0. The van der Waals surface area contributed by atoms with Gasteiger partial charge in [0.1, 0.15) is 19.8 Å². The molecule has 0 aromatic heterocycles. The molecule has 0 aliphatic rings. The highest BCUT2D eigenvalue weighted by Crippen LogP contribution is 2.38. The van der Waals surface area contributed by atoms with E-state index < -0.39 is 26.5 Å². The van der Waals surface area contributed by atoms with Gasteiger partial charge in [-0.25, -0.2) is 0 Å². The molecule has 0 fully saturated rings. The molecule has 0 aromatic carbocycles. The molecule has 0 aliphatic heterocycles. The Kier molecular flexibility index (Phi) is 71.5. The van der Waals surface area contributed by atoms with Gasteiger partial charge in [0.15, 0.2) is 6.10 Å². The van der Waals surface area contributed by atoms with E-state index >= 15 is 0 Å². The number of ether oxygens (including phenoxy) is 2. The molecule has 0 aromatic rings. The number of carbonyl (C=O) groups excluding carboxylic acids is 2. The molecule has 0 N–H and O–H groups in total. The Morgan fingerprint density at radius 2 is 0.500 bits per heavy atom. The highest BCUT2D eigenvalue weighted by Gasteiger charge is 2.22. The summed E-state index contributed by atoms with van der Waals surface area (Å²) in [6.07, 6.45) is 89.6. The largest absolute Gasteiger partial charge is 0.756 e. The van der Waals surface area contributed by atoms with Crippen LogP contribution < -0.4 is 4.89 Å². The fraction of sp³-hybridized carbons (Fsp3) is 0.975. The number of rotatable bonds is 78. The Morgan fingerprint density at radius 1 is 0.300 bits per heavy atom. The smallest absolute Gasteiger partial charge is 0.306 e. The molecule has 2 unspecified atom stereocenters. The molecule has 0 radical (unpaired) electrons. The van der Waals surface area contributed by atoms with Gasteiger partial charge in [0.2, 0.25) is 0 Å². The van der Waals surface area contributed by atoms with Crippen LogP contribution in [-0.4, -0.2) is 70.0 Å². The summed E-state index contributed by atoms with van der Waals surface area (Å²) in [7, 11) is 1.20. The van der Waals surface area contributed by atoms with Gasteiger partial charge >= 0.3 is 11.9 Å². The molecular formula is C80H160NO8P. The van der Waals surface area contributed by atoms with Gasteiger partial charge in [-0.15, -0.1) is 0 Å². The van der Waals surface area contributed by atoms with Crippen LogP contribution >= 0.6 is 7.82 Å². The van der Waals surface area contributed by atoms with Gasteiger partial charge in [0, 0.05) is 12.8 Å². The third-order valence-electron chi connectivity index (χ3n) is 19.1. The van der Waals surface area contributed by atoms with Crippen LogP contribution in [0.3, 0.4) is 0 Å². The lowest BCUT2D eigenvalue weighted by Crippen LogP contribution is -2.37. The normalized spacial score (nSPS) is 12.9. The minimum absolute atomic E-state index is 0.0247. The molecule has 0 bridgehead atoms. The van der Waals surface area contributed by atoms with Gasteiger partial charge in [0.25, 0.3) is 7.82 Å². The summed E-state index contributed by atoms with van der Waals surface area (Å²) >= 11 is 0. The zero-order valence-corrected chi connectivity index (χ0v) is 62.5. The second kappa shape index (κ2) is 72.3. The second-order valence-electron chi connectivity index (χ2n) is 29.5. The molecule has 10 heteroatoms. The first-order valence-corrected chi connectivity index (χ1v) is 42.2. The van der Waals surface area contributed by atoms with E-state index in [1.807, 2.05) is 21.1 Å². The van der Waals surface area contributed by atoms with Gasteiger partial charge in [-0.1, -0.05) is 425 Å². The topological polar surface area (TPSA) is 111 Å². The quantitative estimate of drug-likeness (QED) is 0.0256. The lowest BCUT2D eigenvalue weighted by atomic mass is 10.0. The van der Waals surface area contributed by atoms with Crippen LogP contribution in [0.5, 0.6) is 0 Å². The van der Waals surface area contributed by atoms with E-state index in [-0.39, 0.29) is 32.0 Å². The summed E-state index contributed by atoms with van der Waals surface area (Å²) in [4.78, 5) is 38.2. The van der Waals surface area contributed by atoms with E-state index in [1.54, 1.807) is 0 Å². The fourth-order valence-corrected chi connectivity index (χ4v) is 13.6. The average molecular weight is 1300 g/mol. The first-order valence-electron chi connectivity index (χ1n) is 40.7. The van der Waals surface area contributed by atoms with Crippen LogP contribution in [-0.2, 0) is 32.7 Å². The number of unbranched alkanes of at least 4 members (excludes halogenated alkanes) is 64. The standard InChI is InChI=1S/C80H160NO8P/c1-6-8-10-12-14-16-18-20-22-24-26-28-30-32-34-35-36-37-38-39-40-41-42-43-44-45-46-47-49-51-53-55-57-59-61-63-65-67-69-71-73-80(83)89-78(77-88-90(84,85)87-75-74-81(3,4)5)76-86-79(82)72-70-68-66-64-62-60-58-56-54-52-50-48-33-31-29-27-25-23-21-19-17-15-13-11-9-7-2/h78H,6-77H2,1-5H3. The van der Waals surface area contributed by atoms with Crippen LogP contribution in [0.25, 0.3) is 0 Å². The van der Waals surface area contributed by atoms with Crippen molar-refractivity contribution in [1.82, 2.24) is 0 Å². The van der Waals surface area contributed by atoms with Crippen molar-refractivity contribution < 1.29 is 42.1 Å². The molecular weight excluding hydrogens is 1130 g/mol. The van der Waals surface area contributed by atoms with E-state index in [2.05, 4.69) is 13.8 Å². The van der Waals surface area contributed by atoms with E-state index in [0.29, 0.717) is 17.4 Å². The molecule has 0 saturated heterocycles. The van der Waals surface area contributed by atoms with Crippen molar-refractivity contribution in [3.8, 4) is 0 Å². The molecule has 90 heavy (non-hydrogen) atoms. The number of esters is 2. The van der Waals surface area contributed by atoms with Gasteiger partial charge in [-0.3, -0.25) is 14.2 Å². The molecule has 9 nitrogen and oxygen atoms in total. The van der Waals surface area contributed by atoms with Gasteiger partial charge in [-0.2, -0.15) is 0 Å². The summed E-state index contributed by atoms with van der Waals surface area (Å²) in [6, 6.07) is 0. The van der Waals surface area contributed by atoms with Crippen LogP contribution in [0.4, 0.5) is 0 Å². The zero-order valence-electron chi connectivity index (χ0n) is 61.6. The van der Waals surface area contributed by atoms with Crippen LogP contribution in [0.1, 0.15) is 450 Å². The number of phosphoric ester groups is 1. The molecule has 0 amide bonds. The second-order valence-corrected chi connectivity index (χ2v) is 30.9. The third-order valence-corrected chi connectivity index (χ3v) is 20.1. The Hall–Kier alpha value is -0.990. The van der Waals surface area contributed by atoms with Crippen molar-refractivity contribution in [2.75, 3.05) is 47.5 Å². The van der Waals surface area contributed by atoms with E-state index in [0.717, 1.165) is 32.1 Å². The van der Waals surface area contributed by atoms with Crippen molar-refractivity contribution in [3.05, 3.63) is 0 Å². The average Bonchev–Trinajstić information content (AvgIpc) is 3.60. The number of quaternary nitrogens is 1. The number of hydrogen-bond donors (Lipinski definition) is 0. The van der Waals surface area contributed by atoms with Crippen LogP contribution in [0, 0.1) is 0 Å². The van der Waals surface area contributed by atoms with Crippen molar-refractivity contribution in [1.29, 1.82) is 0 Å². The summed E-state index contributed by atoms with van der Waals surface area (Å²) in [5.74, 6) is -0.801. The first kappa shape index (κ1) is 89.0. The lowest BCUT2D eigenvalue weighted by Gasteiger charge is -2.28. The maximum absolute atomic E-state index is 12.9. The van der Waals surface area contributed by atoms with Crippen LogP contribution in [0.15, 0.2) is 0 Å². The summed E-state index contributed by atoms with van der Waals surface area (Å²) < 4.78 is 34.4. The molecule has 538 valence electrons. The number of phosphoric acid groups is 1. The zero-order chi connectivity index (χ0) is 65.5.